The third-order valence-corrected chi connectivity index (χ3v) is 2.10. The minimum absolute atomic E-state index is 0.00290. The fourth-order valence-corrected chi connectivity index (χ4v) is 1.19. The standard InChI is InChI=1S/C11H15N3O2/c1-2-3-4-7-12-8-10-5-6-11(9-13-10)14(15)16/h5-6,8-9H,2-4,7H2,1H3. The van der Waals surface area contributed by atoms with Gasteiger partial charge < -0.3 is 0 Å². The smallest absolute Gasteiger partial charge is 0.287 e. The van der Waals surface area contributed by atoms with E-state index in [-0.39, 0.29) is 5.69 Å². The van der Waals surface area contributed by atoms with Gasteiger partial charge in [0.05, 0.1) is 10.6 Å². The second kappa shape index (κ2) is 6.66. The molecule has 0 saturated carbocycles. The molecule has 1 heterocycles. The largest absolute Gasteiger partial charge is 0.291 e. The number of hydrogen-bond donors (Lipinski definition) is 0. The zero-order valence-corrected chi connectivity index (χ0v) is 9.30. The van der Waals surface area contributed by atoms with Crippen molar-refractivity contribution in [2.24, 2.45) is 4.99 Å². The van der Waals surface area contributed by atoms with Gasteiger partial charge in [-0.05, 0) is 12.5 Å². The van der Waals surface area contributed by atoms with Gasteiger partial charge in [0.2, 0.25) is 0 Å². The third-order valence-electron chi connectivity index (χ3n) is 2.10. The van der Waals surface area contributed by atoms with E-state index >= 15 is 0 Å². The van der Waals surface area contributed by atoms with Crippen LogP contribution < -0.4 is 0 Å². The highest BCUT2D eigenvalue weighted by molar-refractivity contribution is 5.77. The summed E-state index contributed by atoms with van der Waals surface area (Å²) in [7, 11) is 0. The van der Waals surface area contributed by atoms with E-state index in [1.807, 2.05) is 0 Å². The molecule has 0 N–H and O–H groups in total. The first-order valence-electron chi connectivity index (χ1n) is 5.34. The highest BCUT2D eigenvalue weighted by atomic mass is 16.6. The van der Waals surface area contributed by atoms with Gasteiger partial charge in [-0.15, -0.1) is 0 Å². The maximum atomic E-state index is 10.4. The van der Waals surface area contributed by atoms with Gasteiger partial charge >= 0.3 is 0 Å². The van der Waals surface area contributed by atoms with E-state index < -0.39 is 4.92 Å². The lowest BCUT2D eigenvalue weighted by Gasteiger charge is -1.94. The first-order chi connectivity index (χ1) is 7.74. The summed E-state index contributed by atoms with van der Waals surface area (Å²) < 4.78 is 0. The summed E-state index contributed by atoms with van der Waals surface area (Å²) in [5, 5.41) is 10.4. The Morgan fingerprint density at radius 2 is 2.31 bits per heavy atom. The summed E-state index contributed by atoms with van der Waals surface area (Å²) in [6.45, 7) is 2.92. The molecule has 0 spiro atoms. The van der Waals surface area contributed by atoms with Gasteiger partial charge in [-0.2, -0.15) is 0 Å². The van der Waals surface area contributed by atoms with Crippen molar-refractivity contribution < 1.29 is 4.92 Å². The number of aliphatic imine (C=N–C) groups is 1. The first kappa shape index (κ1) is 12.3. The summed E-state index contributed by atoms with van der Waals surface area (Å²) in [5.74, 6) is 0. The molecule has 0 radical (unpaired) electrons. The molecule has 0 aliphatic rings. The van der Waals surface area contributed by atoms with E-state index in [9.17, 15) is 10.1 Å². The number of nitro groups is 1. The lowest BCUT2D eigenvalue weighted by molar-refractivity contribution is -0.385. The predicted octanol–water partition coefficient (Wildman–Crippen LogP) is 2.60. The van der Waals surface area contributed by atoms with E-state index in [1.165, 1.54) is 25.1 Å². The molecule has 0 saturated heterocycles. The maximum Gasteiger partial charge on any atom is 0.287 e. The first-order valence-corrected chi connectivity index (χ1v) is 5.34. The highest BCUT2D eigenvalue weighted by Crippen LogP contribution is 2.07. The molecule has 1 aromatic heterocycles. The van der Waals surface area contributed by atoms with Gasteiger partial charge in [0.25, 0.3) is 5.69 Å². The molecule has 1 rings (SSSR count). The summed E-state index contributed by atoms with van der Waals surface area (Å²) >= 11 is 0. The number of rotatable bonds is 6. The van der Waals surface area contributed by atoms with Crippen molar-refractivity contribution in [1.82, 2.24) is 4.98 Å². The van der Waals surface area contributed by atoms with Crippen molar-refractivity contribution in [3.8, 4) is 0 Å². The average molecular weight is 221 g/mol. The number of aromatic nitrogens is 1. The molecular formula is C11H15N3O2. The van der Waals surface area contributed by atoms with E-state index in [0.29, 0.717) is 5.69 Å². The minimum Gasteiger partial charge on any atom is -0.291 e. The van der Waals surface area contributed by atoms with Crippen LogP contribution in [-0.4, -0.2) is 22.7 Å². The van der Waals surface area contributed by atoms with Crippen LogP contribution in [-0.2, 0) is 0 Å². The fraction of sp³-hybridized carbons (Fsp3) is 0.455. The Kier molecular flexibility index (Phi) is 5.11. The minimum atomic E-state index is -0.463. The fourth-order valence-electron chi connectivity index (χ4n) is 1.19. The Labute approximate surface area is 94.4 Å². The van der Waals surface area contributed by atoms with Gasteiger partial charge in [0.1, 0.15) is 6.20 Å². The molecule has 0 aliphatic carbocycles. The van der Waals surface area contributed by atoms with Crippen molar-refractivity contribution in [2.45, 2.75) is 26.2 Å². The summed E-state index contributed by atoms with van der Waals surface area (Å²) in [4.78, 5) is 18.0. The normalized spacial score (nSPS) is 10.8. The molecule has 0 aromatic carbocycles. The SMILES string of the molecule is CCCCCN=Cc1ccc([N+](=O)[O-])cn1. The van der Waals surface area contributed by atoms with Crippen molar-refractivity contribution in [1.29, 1.82) is 0 Å². The number of unbranched alkanes of at least 4 members (excludes halogenated alkanes) is 2. The Balaban J connectivity index is 2.45. The van der Waals surface area contributed by atoms with Crippen LogP contribution in [0.25, 0.3) is 0 Å². The van der Waals surface area contributed by atoms with E-state index in [1.54, 1.807) is 12.3 Å². The molecule has 0 aliphatic heterocycles. The molecular weight excluding hydrogens is 206 g/mol. The summed E-state index contributed by atoms with van der Waals surface area (Å²) in [6, 6.07) is 3.03. The van der Waals surface area contributed by atoms with Crippen molar-refractivity contribution in [2.75, 3.05) is 6.54 Å². The summed E-state index contributed by atoms with van der Waals surface area (Å²) in [5.41, 5.74) is 0.658. The Morgan fingerprint density at radius 3 is 2.88 bits per heavy atom. The average Bonchev–Trinajstić information content (AvgIpc) is 2.29. The van der Waals surface area contributed by atoms with E-state index in [0.717, 1.165) is 13.0 Å². The number of nitrogens with zero attached hydrogens (tertiary/aromatic N) is 3. The maximum absolute atomic E-state index is 10.4. The number of hydrogen-bond acceptors (Lipinski definition) is 4. The van der Waals surface area contributed by atoms with Crippen LogP contribution in [0.15, 0.2) is 23.3 Å². The molecule has 0 unspecified atom stereocenters. The molecule has 5 nitrogen and oxygen atoms in total. The third kappa shape index (κ3) is 4.16. The Bertz CT molecular complexity index is 360. The highest BCUT2D eigenvalue weighted by Gasteiger charge is 2.03. The zero-order chi connectivity index (χ0) is 11.8. The second-order valence-electron chi connectivity index (χ2n) is 3.44. The van der Waals surface area contributed by atoms with Crippen LogP contribution in [0.1, 0.15) is 31.9 Å². The predicted molar refractivity (Wildman–Crippen MR) is 62.9 cm³/mol. The second-order valence-corrected chi connectivity index (χ2v) is 3.44. The quantitative estimate of drug-likeness (QED) is 0.321. The van der Waals surface area contributed by atoms with Crippen molar-refractivity contribution >= 4 is 11.9 Å². The molecule has 0 fully saturated rings. The lowest BCUT2D eigenvalue weighted by Crippen LogP contribution is -1.92. The van der Waals surface area contributed by atoms with E-state index in [4.69, 9.17) is 0 Å². The zero-order valence-electron chi connectivity index (χ0n) is 9.30. The summed E-state index contributed by atoms with van der Waals surface area (Å²) in [6.07, 6.45) is 6.31. The van der Waals surface area contributed by atoms with Crippen molar-refractivity contribution in [3.05, 3.63) is 34.1 Å². The van der Waals surface area contributed by atoms with Crippen LogP contribution in [0.4, 0.5) is 5.69 Å². The van der Waals surface area contributed by atoms with Crippen LogP contribution in [0.3, 0.4) is 0 Å². The molecule has 1 aromatic rings. The number of pyridine rings is 1. The molecule has 0 bridgehead atoms. The monoisotopic (exact) mass is 221 g/mol. The van der Waals surface area contributed by atoms with Crippen LogP contribution in [0.5, 0.6) is 0 Å². The lowest BCUT2D eigenvalue weighted by atomic mass is 10.2. The van der Waals surface area contributed by atoms with E-state index in [2.05, 4.69) is 16.9 Å². The van der Waals surface area contributed by atoms with Gasteiger partial charge in [-0.1, -0.05) is 19.8 Å². The van der Waals surface area contributed by atoms with Crippen LogP contribution in [0, 0.1) is 10.1 Å². The van der Waals surface area contributed by atoms with Gasteiger partial charge in [0.15, 0.2) is 0 Å². The Morgan fingerprint density at radius 1 is 1.50 bits per heavy atom. The molecule has 0 atom stereocenters. The Hall–Kier alpha value is -1.78. The van der Waals surface area contributed by atoms with Gasteiger partial charge in [-0.3, -0.25) is 15.1 Å². The molecule has 86 valence electrons. The van der Waals surface area contributed by atoms with Gasteiger partial charge in [-0.25, -0.2) is 4.98 Å². The molecule has 0 amide bonds. The topological polar surface area (TPSA) is 68.4 Å². The molecule has 16 heavy (non-hydrogen) atoms. The van der Waals surface area contributed by atoms with Gasteiger partial charge in [0, 0.05) is 18.8 Å². The van der Waals surface area contributed by atoms with Crippen LogP contribution in [0.2, 0.25) is 0 Å². The van der Waals surface area contributed by atoms with Crippen molar-refractivity contribution in [3.63, 3.8) is 0 Å². The molecule has 5 heteroatoms. The van der Waals surface area contributed by atoms with Crippen LogP contribution >= 0.6 is 0 Å².